The molecule has 2 aromatic rings. The van der Waals surface area contributed by atoms with Crippen LogP contribution in [-0.2, 0) is 26.3 Å². The second kappa shape index (κ2) is 11.9. The van der Waals surface area contributed by atoms with Gasteiger partial charge in [-0.05, 0) is 55.7 Å². The predicted octanol–water partition coefficient (Wildman–Crippen LogP) is 2.69. The number of rotatable bonds is 11. The van der Waals surface area contributed by atoms with E-state index in [4.69, 9.17) is 0 Å². The Labute approximate surface area is 201 Å². The third-order valence-electron chi connectivity index (χ3n) is 5.47. The molecule has 0 aromatic heterocycles. The van der Waals surface area contributed by atoms with Crippen molar-refractivity contribution in [2.75, 3.05) is 31.5 Å². The normalized spacial score (nSPS) is 12.3. The molecule has 0 fully saturated rings. The number of halogens is 1. The summed E-state index contributed by atoms with van der Waals surface area (Å²) in [5.41, 5.74) is 1.94. The van der Waals surface area contributed by atoms with Gasteiger partial charge < -0.3 is 10.2 Å². The standard InChI is InChI=1S/C24H33FN4O4S/c1-6-22(24(31)26-7-2)28(16-19-11-9-8-10-18(19)3)23(30)17-29(34(32,33)27(4)5)21-14-12-20(25)13-15-21/h8-15,22H,6-7,16-17H2,1-5H3,(H,26,31)/t22-/m0/s1. The van der Waals surface area contributed by atoms with Crippen molar-refractivity contribution < 1.29 is 22.4 Å². The summed E-state index contributed by atoms with van der Waals surface area (Å²) in [4.78, 5) is 27.9. The van der Waals surface area contributed by atoms with Gasteiger partial charge in [0.1, 0.15) is 18.4 Å². The number of hydrogen-bond acceptors (Lipinski definition) is 4. The van der Waals surface area contributed by atoms with Gasteiger partial charge in [-0.15, -0.1) is 0 Å². The van der Waals surface area contributed by atoms with Crippen LogP contribution in [0.5, 0.6) is 0 Å². The quantitative estimate of drug-likeness (QED) is 0.522. The first-order chi connectivity index (χ1) is 16.0. The van der Waals surface area contributed by atoms with Gasteiger partial charge in [-0.1, -0.05) is 31.2 Å². The van der Waals surface area contributed by atoms with E-state index < -0.39 is 34.5 Å². The van der Waals surface area contributed by atoms with Crippen molar-refractivity contribution >= 4 is 27.7 Å². The number of likely N-dealkylation sites (N-methyl/N-ethyl adjacent to an activating group) is 1. The van der Waals surface area contributed by atoms with Crippen LogP contribution in [0.25, 0.3) is 0 Å². The Morgan fingerprint density at radius 1 is 1.03 bits per heavy atom. The topological polar surface area (TPSA) is 90.0 Å². The Hall–Kier alpha value is -2.98. The molecule has 10 heteroatoms. The molecule has 34 heavy (non-hydrogen) atoms. The number of hydrogen-bond donors (Lipinski definition) is 1. The van der Waals surface area contributed by atoms with Crippen molar-refractivity contribution in [3.8, 4) is 0 Å². The lowest BCUT2D eigenvalue weighted by molar-refractivity contribution is -0.140. The van der Waals surface area contributed by atoms with Gasteiger partial charge in [0.15, 0.2) is 0 Å². The lowest BCUT2D eigenvalue weighted by Crippen LogP contribution is -2.53. The number of benzene rings is 2. The molecule has 0 aliphatic carbocycles. The Kier molecular flexibility index (Phi) is 9.57. The summed E-state index contributed by atoms with van der Waals surface area (Å²) in [5.74, 6) is -1.38. The molecule has 2 rings (SSSR count). The van der Waals surface area contributed by atoms with Crippen molar-refractivity contribution in [3.05, 3.63) is 65.5 Å². The molecule has 186 valence electrons. The Morgan fingerprint density at radius 2 is 1.65 bits per heavy atom. The summed E-state index contributed by atoms with van der Waals surface area (Å²) in [5, 5.41) is 2.76. The monoisotopic (exact) mass is 492 g/mol. The van der Waals surface area contributed by atoms with E-state index in [1.165, 1.54) is 31.1 Å². The lowest BCUT2D eigenvalue weighted by atomic mass is 10.1. The summed E-state index contributed by atoms with van der Waals surface area (Å²) >= 11 is 0. The van der Waals surface area contributed by atoms with E-state index in [-0.39, 0.29) is 18.1 Å². The molecular weight excluding hydrogens is 459 g/mol. The molecule has 1 N–H and O–H groups in total. The molecule has 2 amide bonds. The number of anilines is 1. The Bertz CT molecular complexity index is 1090. The smallest absolute Gasteiger partial charge is 0.304 e. The molecule has 0 saturated carbocycles. The molecule has 0 saturated heterocycles. The van der Waals surface area contributed by atoms with Crippen LogP contribution in [0.3, 0.4) is 0 Å². The second-order valence-corrected chi connectivity index (χ2v) is 10.1. The average molecular weight is 493 g/mol. The number of nitrogens with zero attached hydrogens (tertiary/aromatic N) is 3. The molecule has 0 spiro atoms. The van der Waals surface area contributed by atoms with Crippen molar-refractivity contribution in [1.29, 1.82) is 0 Å². The summed E-state index contributed by atoms with van der Waals surface area (Å²) in [6.45, 7) is 5.49. The first kappa shape index (κ1) is 27.3. The number of carbonyl (C=O) groups excluding carboxylic acids is 2. The highest BCUT2D eigenvalue weighted by Crippen LogP contribution is 2.22. The molecular formula is C24H33FN4O4S. The van der Waals surface area contributed by atoms with Crippen LogP contribution < -0.4 is 9.62 Å². The summed E-state index contributed by atoms with van der Waals surface area (Å²) in [6, 6.07) is 11.6. The molecule has 0 unspecified atom stereocenters. The summed E-state index contributed by atoms with van der Waals surface area (Å²) in [6.07, 6.45) is 0.348. The Morgan fingerprint density at radius 3 is 2.18 bits per heavy atom. The zero-order valence-electron chi connectivity index (χ0n) is 20.3. The summed E-state index contributed by atoms with van der Waals surface area (Å²) < 4.78 is 41.5. The van der Waals surface area contributed by atoms with E-state index in [1.54, 1.807) is 13.8 Å². The molecule has 0 heterocycles. The van der Waals surface area contributed by atoms with Gasteiger partial charge >= 0.3 is 10.2 Å². The molecule has 0 aliphatic rings. The molecule has 0 bridgehead atoms. The van der Waals surface area contributed by atoms with Crippen LogP contribution in [0.15, 0.2) is 48.5 Å². The first-order valence-corrected chi connectivity index (χ1v) is 12.5. The van der Waals surface area contributed by atoms with Crippen LogP contribution in [0.2, 0.25) is 0 Å². The second-order valence-electron chi connectivity index (χ2n) is 8.04. The van der Waals surface area contributed by atoms with Crippen molar-refractivity contribution in [2.24, 2.45) is 0 Å². The van der Waals surface area contributed by atoms with E-state index in [0.29, 0.717) is 13.0 Å². The lowest BCUT2D eigenvalue weighted by Gasteiger charge is -2.34. The van der Waals surface area contributed by atoms with E-state index >= 15 is 0 Å². The van der Waals surface area contributed by atoms with E-state index in [2.05, 4.69) is 5.32 Å². The minimum atomic E-state index is -4.08. The fourth-order valence-electron chi connectivity index (χ4n) is 3.51. The van der Waals surface area contributed by atoms with E-state index in [9.17, 15) is 22.4 Å². The van der Waals surface area contributed by atoms with Crippen molar-refractivity contribution in [1.82, 2.24) is 14.5 Å². The average Bonchev–Trinajstić information content (AvgIpc) is 2.79. The zero-order valence-corrected chi connectivity index (χ0v) is 21.1. The van der Waals surface area contributed by atoms with Gasteiger partial charge in [0.25, 0.3) is 0 Å². The SMILES string of the molecule is CCNC(=O)[C@H](CC)N(Cc1ccccc1C)C(=O)CN(c1ccc(F)cc1)S(=O)(=O)N(C)C. The fraction of sp³-hybridized carbons (Fsp3) is 0.417. The maximum Gasteiger partial charge on any atom is 0.304 e. The molecule has 1 atom stereocenters. The third kappa shape index (κ3) is 6.54. The van der Waals surface area contributed by atoms with Gasteiger partial charge in [-0.25, -0.2) is 8.70 Å². The first-order valence-electron chi connectivity index (χ1n) is 11.1. The molecule has 2 aromatic carbocycles. The predicted molar refractivity (Wildman–Crippen MR) is 131 cm³/mol. The molecule has 8 nitrogen and oxygen atoms in total. The van der Waals surface area contributed by atoms with Crippen LogP contribution in [-0.4, -0.2) is 62.7 Å². The van der Waals surface area contributed by atoms with Gasteiger partial charge in [0.05, 0.1) is 5.69 Å². The van der Waals surface area contributed by atoms with E-state index in [0.717, 1.165) is 31.9 Å². The minimum Gasteiger partial charge on any atom is -0.355 e. The molecule has 0 radical (unpaired) electrons. The highest BCUT2D eigenvalue weighted by atomic mass is 32.2. The van der Waals surface area contributed by atoms with Crippen molar-refractivity contribution in [3.63, 3.8) is 0 Å². The maximum atomic E-state index is 13.6. The van der Waals surface area contributed by atoms with Crippen LogP contribution in [0.1, 0.15) is 31.4 Å². The van der Waals surface area contributed by atoms with Gasteiger partial charge in [-0.3, -0.25) is 9.59 Å². The number of carbonyl (C=O) groups is 2. The number of nitrogens with one attached hydrogen (secondary N) is 1. The molecule has 0 aliphatic heterocycles. The van der Waals surface area contributed by atoms with E-state index in [1.807, 2.05) is 31.2 Å². The van der Waals surface area contributed by atoms with Gasteiger partial charge in [0, 0.05) is 27.2 Å². The van der Waals surface area contributed by atoms with Gasteiger partial charge in [-0.2, -0.15) is 12.7 Å². The van der Waals surface area contributed by atoms with Crippen LogP contribution >= 0.6 is 0 Å². The van der Waals surface area contributed by atoms with Gasteiger partial charge in [0.2, 0.25) is 11.8 Å². The number of aryl methyl sites for hydroxylation is 1. The van der Waals surface area contributed by atoms with Crippen LogP contribution in [0.4, 0.5) is 10.1 Å². The van der Waals surface area contributed by atoms with Crippen molar-refractivity contribution in [2.45, 2.75) is 39.8 Å². The van der Waals surface area contributed by atoms with Crippen LogP contribution in [0, 0.1) is 12.7 Å². The largest absolute Gasteiger partial charge is 0.355 e. The maximum absolute atomic E-state index is 13.6. The minimum absolute atomic E-state index is 0.139. The zero-order chi connectivity index (χ0) is 25.5. The summed E-state index contributed by atoms with van der Waals surface area (Å²) in [7, 11) is -1.38. The Balaban J connectivity index is 2.50. The highest BCUT2D eigenvalue weighted by Gasteiger charge is 2.33. The fourth-order valence-corrected chi connectivity index (χ4v) is 4.56. The third-order valence-corrected chi connectivity index (χ3v) is 7.29. The highest BCUT2D eigenvalue weighted by molar-refractivity contribution is 7.90. The number of amides is 2.